The Bertz CT molecular complexity index is 1400. The minimum absolute atomic E-state index is 0.271. The predicted molar refractivity (Wildman–Crippen MR) is 125 cm³/mol. The molecule has 0 fully saturated rings. The van der Waals surface area contributed by atoms with Crippen molar-refractivity contribution in [3.8, 4) is 23.5 Å². The molecule has 4 rings (SSSR count). The molecule has 8 nitrogen and oxygen atoms in total. The van der Waals surface area contributed by atoms with E-state index in [-0.39, 0.29) is 12.2 Å². The lowest BCUT2D eigenvalue weighted by Gasteiger charge is -2.18. The first-order valence-corrected chi connectivity index (χ1v) is 10.6. The number of amides is 2. The minimum atomic E-state index is -0.718. The van der Waals surface area contributed by atoms with E-state index in [0.717, 1.165) is 0 Å². The second kappa shape index (κ2) is 9.20. The van der Waals surface area contributed by atoms with Gasteiger partial charge in [-0.25, -0.2) is 14.8 Å². The fourth-order valence-electron chi connectivity index (χ4n) is 3.25. The summed E-state index contributed by atoms with van der Waals surface area (Å²) < 4.78 is 0. The van der Waals surface area contributed by atoms with Gasteiger partial charge in [0.2, 0.25) is 0 Å². The lowest BCUT2D eigenvalue weighted by Crippen LogP contribution is -2.34. The standard InChI is InChI=1S/C22H16ClN5O3S/c1-2-19-27-18(10-32-19)28-22(31)26-17(9-29)12-6-7-13(15(23)8-12)14-4-3-5-16-20(14)21(30)25-11-24-16/h1,3-8,10-11,17,29H,9H2,(H,24,25,30)(H2,26,28,31). The molecule has 2 aromatic heterocycles. The van der Waals surface area contributed by atoms with Crippen molar-refractivity contribution >= 4 is 45.7 Å². The van der Waals surface area contributed by atoms with E-state index in [1.54, 1.807) is 41.8 Å². The van der Waals surface area contributed by atoms with Gasteiger partial charge in [-0.2, -0.15) is 0 Å². The van der Waals surface area contributed by atoms with Crippen molar-refractivity contribution in [3.05, 3.63) is 74.1 Å². The highest BCUT2D eigenvalue weighted by molar-refractivity contribution is 7.10. The number of aromatic amines is 1. The number of aliphatic hydroxyl groups is 1. The molecular formula is C22H16ClN5O3S. The number of terminal acetylenes is 1. The monoisotopic (exact) mass is 465 g/mol. The maximum atomic E-state index is 12.4. The van der Waals surface area contributed by atoms with Crippen molar-refractivity contribution < 1.29 is 9.90 Å². The molecule has 160 valence electrons. The van der Waals surface area contributed by atoms with Crippen LogP contribution in [0.5, 0.6) is 0 Å². The number of halogens is 1. The zero-order valence-corrected chi connectivity index (χ0v) is 18.0. The fourth-order valence-corrected chi connectivity index (χ4v) is 4.10. The van der Waals surface area contributed by atoms with Crippen LogP contribution in [0.25, 0.3) is 22.0 Å². The van der Waals surface area contributed by atoms with Gasteiger partial charge in [-0.15, -0.1) is 17.8 Å². The Labute approximate surface area is 191 Å². The van der Waals surface area contributed by atoms with Crippen LogP contribution < -0.4 is 16.2 Å². The molecule has 10 heteroatoms. The molecular weight excluding hydrogens is 450 g/mol. The zero-order chi connectivity index (χ0) is 22.7. The number of nitrogens with one attached hydrogen (secondary N) is 3. The number of aromatic nitrogens is 3. The predicted octanol–water partition coefficient (Wildman–Crippen LogP) is 3.54. The Morgan fingerprint density at radius 2 is 2.16 bits per heavy atom. The second-order valence-electron chi connectivity index (χ2n) is 6.69. The van der Waals surface area contributed by atoms with Crippen molar-refractivity contribution in [2.45, 2.75) is 6.04 Å². The van der Waals surface area contributed by atoms with Crippen LogP contribution in [-0.4, -0.2) is 32.7 Å². The summed E-state index contributed by atoms with van der Waals surface area (Å²) >= 11 is 7.76. The van der Waals surface area contributed by atoms with Gasteiger partial charge < -0.3 is 15.4 Å². The number of hydrogen-bond acceptors (Lipinski definition) is 6. The Hall–Kier alpha value is -3.71. The summed E-state index contributed by atoms with van der Waals surface area (Å²) in [6.07, 6.45) is 6.63. The van der Waals surface area contributed by atoms with Crippen LogP contribution in [0.2, 0.25) is 5.02 Å². The molecule has 0 aliphatic heterocycles. The number of nitrogens with zero attached hydrogens (tertiary/aromatic N) is 2. The Balaban J connectivity index is 1.59. The molecule has 0 radical (unpaired) electrons. The first kappa shape index (κ1) is 21.5. The van der Waals surface area contributed by atoms with E-state index in [0.29, 0.717) is 43.4 Å². The summed E-state index contributed by atoms with van der Waals surface area (Å²) in [6.45, 7) is -0.354. The van der Waals surface area contributed by atoms with E-state index >= 15 is 0 Å². The maximum Gasteiger partial charge on any atom is 0.320 e. The van der Waals surface area contributed by atoms with Crippen molar-refractivity contribution in [1.82, 2.24) is 20.3 Å². The third-order valence-corrected chi connectivity index (χ3v) is 5.80. The summed E-state index contributed by atoms with van der Waals surface area (Å²) in [5, 5.41) is 17.9. The van der Waals surface area contributed by atoms with Crippen molar-refractivity contribution in [2.24, 2.45) is 0 Å². The van der Waals surface area contributed by atoms with Gasteiger partial charge in [-0.3, -0.25) is 10.1 Å². The average Bonchev–Trinajstić information content (AvgIpc) is 3.24. The summed E-state index contributed by atoms with van der Waals surface area (Å²) in [7, 11) is 0. The molecule has 0 saturated carbocycles. The number of aliphatic hydroxyl groups excluding tert-OH is 1. The van der Waals surface area contributed by atoms with Crippen molar-refractivity contribution in [2.75, 3.05) is 11.9 Å². The molecule has 0 saturated heterocycles. The number of urea groups is 1. The van der Waals surface area contributed by atoms with Gasteiger partial charge in [0, 0.05) is 16.0 Å². The number of H-pyrrole nitrogens is 1. The molecule has 32 heavy (non-hydrogen) atoms. The molecule has 4 N–H and O–H groups in total. The Morgan fingerprint density at radius 1 is 1.31 bits per heavy atom. The van der Waals surface area contributed by atoms with Crippen molar-refractivity contribution in [1.29, 1.82) is 0 Å². The van der Waals surface area contributed by atoms with Gasteiger partial charge >= 0.3 is 6.03 Å². The SMILES string of the molecule is C#Cc1nc(NC(=O)NC(CO)c2ccc(-c3cccc4nc[nH]c(=O)c34)c(Cl)c2)cs1. The van der Waals surface area contributed by atoms with Gasteiger partial charge in [-0.05, 0) is 29.2 Å². The number of benzene rings is 2. The Morgan fingerprint density at radius 3 is 2.88 bits per heavy atom. The van der Waals surface area contributed by atoms with Gasteiger partial charge in [0.05, 0.1) is 29.9 Å². The normalized spacial score (nSPS) is 11.7. The van der Waals surface area contributed by atoms with Gasteiger partial charge in [0.15, 0.2) is 5.01 Å². The number of carbonyl (C=O) groups is 1. The minimum Gasteiger partial charge on any atom is -0.394 e. The average molecular weight is 466 g/mol. The summed E-state index contributed by atoms with van der Waals surface area (Å²) in [4.78, 5) is 35.5. The zero-order valence-electron chi connectivity index (χ0n) is 16.4. The first-order chi connectivity index (χ1) is 15.5. The van der Waals surface area contributed by atoms with Crippen LogP contribution in [0.15, 0.2) is 52.9 Å². The molecule has 1 unspecified atom stereocenters. The lowest BCUT2D eigenvalue weighted by atomic mass is 9.98. The van der Waals surface area contributed by atoms with E-state index in [9.17, 15) is 14.7 Å². The smallest absolute Gasteiger partial charge is 0.320 e. The molecule has 2 aromatic carbocycles. The van der Waals surface area contributed by atoms with Gasteiger partial charge in [0.1, 0.15) is 5.82 Å². The van der Waals surface area contributed by atoms with Crippen LogP contribution >= 0.6 is 22.9 Å². The summed E-state index contributed by atoms with van der Waals surface area (Å²) in [6, 6.07) is 9.16. The third kappa shape index (κ3) is 4.33. The van der Waals surface area contributed by atoms with Gasteiger partial charge in [0.25, 0.3) is 5.56 Å². The van der Waals surface area contributed by atoms with Crippen LogP contribution in [0.4, 0.5) is 10.6 Å². The van der Waals surface area contributed by atoms with Gasteiger partial charge in [-0.1, -0.05) is 35.9 Å². The molecule has 2 amide bonds. The molecule has 1 atom stereocenters. The summed E-state index contributed by atoms with van der Waals surface area (Å²) in [5.41, 5.74) is 2.13. The molecule has 0 aliphatic carbocycles. The number of thiazole rings is 1. The molecule has 0 bridgehead atoms. The van der Waals surface area contributed by atoms with Crippen LogP contribution in [0.3, 0.4) is 0 Å². The largest absolute Gasteiger partial charge is 0.394 e. The van der Waals surface area contributed by atoms with Crippen LogP contribution in [-0.2, 0) is 0 Å². The Kier molecular flexibility index (Phi) is 6.18. The first-order valence-electron chi connectivity index (χ1n) is 9.37. The third-order valence-electron chi connectivity index (χ3n) is 4.71. The quantitative estimate of drug-likeness (QED) is 0.336. The molecule has 0 aliphatic rings. The van der Waals surface area contributed by atoms with E-state index in [1.165, 1.54) is 17.7 Å². The number of fused-ring (bicyclic) bond motifs is 1. The van der Waals surface area contributed by atoms with Crippen molar-refractivity contribution in [3.63, 3.8) is 0 Å². The fraction of sp³-hybridized carbons (Fsp3) is 0.0909. The number of hydrogen-bond donors (Lipinski definition) is 4. The van der Waals surface area contributed by atoms with Crippen LogP contribution in [0.1, 0.15) is 16.6 Å². The summed E-state index contributed by atoms with van der Waals surface area (Å²) in [5.74, 6) is 2.71. The number of anilines is 1. The lowest BCUT2D eigenvalue weighted by molar-refractivity contribution is 0.225. The highest BCUT2D eigenvalue weighted by Gasteiger charge is 2.17. The van der Waals surface area contributed by atoms with E-state index in [1.807, 2.05) is 0 Å². The molecule has 2 heterocycles. The maximum absolute atomic E-state index is 12.4. The van der Waals surface area contributed by atoms with E-state index < -0.39 is 12.1 Å². The topological polar surface area (TPSA) is 120 Å². The number of rotatable bonds is 5. The second-order valence-corrected chi connectivity index (χ2v) is 7.95. The van der Waals surface area contributed by atoms with E-state index in [4.69, 9.17) is 18.0 Å². The van der Waals surface area contributed by atoms with Crippen LogP contribution in [0, 0.1) is 12.3 Å². The molecule has 0 spiro atoms. The number of carbonyl (C=O) groups excluding carboxylic acids is 1. The highest BCUT2D eigenvalue weighted by Crippen LogP contribution is 2.33. The highest BCUT2D eigenvalue weighted by atomic mass is 35.5. The van der Waals surface area contributed by atoms with E-state index in [2.05, 4.69) is 31.5 Å². The molecule has 4 aromatic rings.